The van der Waals surface area contributed by atoms with Crippen molar-refractivity contribution in [3.63, 3.8) is 0 Å². The first-order valence-electron chi connectivity index (χ1n) is 17.9. The topological polar surface area (TPSA) is 350 Å². The Balaban J connectivity index is 1.21. The van der Waals surface area contributed by atoms with Crippen LogP contribution in [0.2, 0.25) is 0 Å². The smallest absolute Gasteiger partial charge is 0.327 e. The number of carbonyl (C=O) groups excluding carboxylic acids is 6. The van der Waals surface area contributed by atoms with Gasteiger partial charge in [-0.25, -0.2) is 25.0 Å². The van der Waals surface area contributed by atoms with E-state index in [0.29, 0.717) is 23.5 Å². The van der Waals surface area contributed by atoms with E-state index in [1.165, 1.54) is 25.4 Å². The Labute approximate surface area is 338 Å². The molecule has 0 saturated carbocycles. The van der Waals surface area contributed by atoms with Gasteiger partial charge in [-0.1, -0.05) is 0 Å². The molecule has 4 rings (SSSR count). The molecule has 1 saturated heterocycles. The number of hydrazone groups is 1. The van der Waals surface area contributed by atoms with E-state index in [4.69, 9.17) is 5.73 Å². The van der Waals surface area contributed by atoms with E-state index >= 15 is 0 Å². The van der Waals surface area contributed by atoms with Gasteiger partial charge in [-0.15, -0.1) is 11.8 Å². The van der Waals surface area contributed by atoms with Crippen molar-refractivity contribution >= 4 is 87.7 Å². The molecule has 59 heavy (non-hydrogen) atoms. The van der Waals surface area contributed by atoms with Gasteiger partial charge < -0.3 is 37.2 Å². The number of hydrogen-bond donors (Lipinski definition) is 9. The van der Waals surface area contributed by atoms with Gasteiger partial charge in [0.1, 0.15) is 12.1 Å². The molecule has 3 atom stereocenters. The van der Waals surface area contributed by atoms with Crippen LogP contribution in [-0.2, 0) is 40.1 Å². The third-order valence-corrected chi connectivity index (χ3v) is 9.89. The summed E-state index contributed by atoms with van der Waals surface area (Å²) in [6.07, 6.45) is 0.549. The number of amides is 6. The SMILES string of the molecule is CNC(=O)CC/C(C)=N/NC(=O)CCN1C(=O)CC(SC[C@H](NC(=O)CC[C@H](NC(=O)c2ccc(NCc3cnc4nc(N)[nH]c(=O)c4n3)cc2)C(=O)O)C(=O)O)C1=O. The number of aromatic nitrogens is 4. The molecule has 314 valence electrons. The fourth-order valence-electron chi connectivity index (χ4n) is 5.34. The Morgan fingerprint density at radius 3 is 2.34 bits per heavy atom. The Morgan fingerprint density at radius 2 is 1.66 bits per heavy atom. The van der Waals surface area contributed by atoms with Crippen LogP contribution in [0.25, 0.3) is 11.2 Å². The molecule has 0 aliphatic carbocycles. The molecule has 3 heterocycles. The second-order valence-electron chi connectivity index (χ2n) is 13.0. The van der Waals surface area contributed by atoms with Gasteiger partial charge in [0, 0.05) is 62.0 Å². The van der Waals surface area contributed by atoms with Crippen LogP contribution in [0.5, 0.6) is 0 Å². The monoisotopic (exact) mass is 838 g/mol. The summed E-state index contributed by atoms with van der Waals surface area (Å²) in [5.74, 6) is -6.81. The van der Waals surface area contributed by atoms with Crippen molar-refractivity contribution in [2.45, 2.75) is 69.3 Å². The molecule has 1 aliphatic rings. The van der Waals surface area contributed by atoms with Crippen LogP contribution in [0, 0.1) is 0 Å². The summed E-state index contributed by atoms with van der Waals surface area (Å²) < 4.78 is 0. The zero-order valence-corrected chi connectivity index (χ0v) is 32.6. The molecule has 0 spiro atoms. The van der Waals surface area contributed by atoms with Gasteiger partial charge in [-0.3, -0.25) is 43.4 Å². The largest absolute Gasteiger partial charge is 0.480 e. The Bertz CT molecular complexity index is 2200. The first kappa shape index (κ1) is 44.7. The number of imide groups is 1. The molecule has 1 unspecified atom stereocenters. The highest BCUT2D eigenvalue weighted by atomic mass is 32.2. The average molecular weight is 839 g/mol. The molecule has 24 heteroatoms. The number of fused-ring (bicyclic) bond motifs is 1. The van der Waals surface area contributed by atoms with Crippen LogP contribution in [0.1, 0.15) is 61.5 Å². The van der Waals surface area contributed by atoms with Gasteiger partial charge in [0.2, 0.25) is 35.5 Å². The summed E-state index contributed by atoms with van der Waals surface area (Å²) in [7, 11) is 1.50. The number of hydrogen-bond acceptors (Lipinski definition) is 16. The molecule has 0 bridgehead atoms. The maximum atomic E-state index is 12.9. The van der Waals surface area contributed by atoms with Crippen LogP contribution >= 0.6 is 11.8 Å². The number of thioether (sulfide) groups is 1. The highest BCUT2D eigenvalue weighted by molar-refractivity contribution is 8.00. The lowest BCUT2D eigenvalue weighted by atomic mass is 10.1. The zero-order chi connectivity index (χ0) is 43.2. The third-order valence-electron chi connectivity index (χ3n) is 8.60. The standard InChI is InChI=1S/C35H42N12O11S/c1-17(3-9-24(48)37-2)45-46-26(50)11-12-47-27(51)13-23(32(47)54)59-16-22(34(57)58)41-25(49)10-8-21(33(55)56)42-30(52)18-4-6-19(7-5-18)38-14-20-15-39-29-28(40-20)31(53)44-35(36)43-29/h4-7,15,21-23,38H,3,8-14,16H2,1-2H3,(H,37,48)(H,41,49)(H,42,52)(H,46,50)(H,55,56)(H,57,58)(H3,36,39,43,44,53)/b45-17+/t21-,22-,23?/m0/s1. The molecular formula is C35H42N12O11S. The number of rotatable bonds is 21. The molecule has 0 radical (unpaired) electrons. The fraction of sp³-hybridized carbons (Fsp3) is 0.400. The minimum Gasteiger partial charge on any atom is -0.480 e. The molecular weight excluding hydrogens is 797 g/mol. The number of nitrogen functional groups attached to an aromatic ring is 1. The van der Waals surface area contributed by atoms with E-state index in [2.05, 4.69) is 51.7 Å². The fourth-order valence-corrected chi connectivity index (χ4v) is 6.52. The number of carbonyl (C=O) groups is 8. The summed E-state index contributed by atoms with van der Waals surface area (Å²) in [5, 5.41) is 32.5. The summed E-state index contributed by atoms with van der Waals surface area (Å²) >= 11 is 0.833. The first-order chi connectivity index (χ1) is 28.0. The lowest BCUT2D eigenvalue weighted by Gasteiger charge is -2.18. The van der Waals surface area contributed by atoms with Gasteiger partial charge in [-0.05, 0) is 44.0 Å². The van der Waals surface area contributed by atoms with Crippen molar-refractivity contribution in [3.05, 3.63) is 52.1 Å². The van der Waals surface area contributed by atoms with Crippen molar-refractivity contribution in [1.82, 2.24) is 46.2 Å². The molecule has 2 aromatic heterocycles. The predicted octanol–water partition coefficient (Wildman–Crippen LogP) is -1.29. The number of nitrogens with one attached hydrogen (secondary N) is 6. The molecule has 6 amide bonds. The van der Waals surface area contributed by atoms with Gasteiger partial charge in [0.05, 0.1) is 23.7 Å². The number of aromatic amines is 1. The van der Waals surface area contributed by atoms with Gasteiger partial charge in [-0.2, -0.15) is 10.1 Å². The van der Waals surface area contributed by atoms with E-state index in [1.807, 2.05) is 0 Å². The zero-order valence-electron chi connectivity index (χ0n) is 31.8. The number of likely N-dealkylation sites (tertiary alicyclic amines) is 1. The molecule has 3 aromatic rings. The Morgan fingerprint density at radius 1 is 0.949 bits per heavy atom. The minimum absolute atomic E-state index is 0.00769. The quantitative estimate of drug-likeness (QED) is 0.0342. The number of nitrogens with two attached hydrogens (primary N) is 1. The molecule has 10 N–H and O–H groups in total. The number of nitrogens with zero attached hydrogens (tertiary/aromatic N) is 5. The number of benzene rings is 1. The average Bonchev–Trinajstić information content (AvgIpc) is 3.47. The minimum atomic E-state index is -1.51. The lowest BCUT2D eigenvalue weighted by molar-refractivity contribution is -0.142. The maximum absolute atomic E-state index is 12.9. The van der Waals surface area contributed by atoms with Crippen molar-refractivity contribution in [2.24, 2.45) is 5.10 Å². The van der Waals surface area contributed by atoms with Crippen LogP contribution in [0.15, 0.2) is 40.4 Å². The molecule has 1 fully saturated rings. The summed E-state index contributed by atoms with van der Waals surface area (Å²) in [6.45, 7) is 1.54. The first-order valence-corrected chi connectivity index (χ1v) is 19.0. The maximum Gasteiger partial charge on any atom is 0.327 e. The van der Waals surface area contributed by atoms with Crippen LogP contribution in [-0.4, -0.2) is 125 Å². The van der Waals surface area contributed by atoms with Crippen molar-refractivity contribution in [3.8, 4) is 0 Å². The van der Waals surface area contributed by atoms with Gasteiger partial charge in [0.15, 0.2) is 11.2 Å². The van der Waals surface area contributed by atoms with E-state index in [-0.39, 0.29) is 73.1 Å². The lowest BCUT2D eigenvalue weighted by Crippen LogP contribution is -2.45. The number of carboxylic acid groups (broad SMARTS) is 2. The normalized spacial score (nSPS) is 15.0. The predicted molar refractivity (Wildman–Crippen MR) is 211 cm³/mol. The third kappa shape index (κ3) is 13.3. The summed E-state index contributed by atoms with van der Waals surface area (Å²) in [6, 6.07) is 2.95. The van der Waals surface area contributed by atoms with E-state index in [9.17, 15) is 53.4 Å². The highest BCUT2D eigenvalue weighted by Crippen LogP contribution is 2.26. The second-order valence-corrected chi connectivity index (χ2v) is 14.2. The van der Waals surface area contributed by atoms with E-state index in [1.54, 1.807) is 19.1 Å². The number of H-pyrrole nitrogens is 1. The van der Waals surface area contributed by atoms with E-state index < -0.39 is 70.8 Å². The van der Waals surface area contributed by atoms with Crippen LogP contribution in [0.4, 0.5) is 11.6 Å². The number of aliphatic carboxylic acids is 2. The summed E-state index contributed by atoms with van der Waals surface area (Å²) in [4.78, 5) is 126. The Hall–Kier alpha value is -6.98. The summed E-state index contributed by atoms with van der Waals surface area (Å²) in [5.41, 5.74) is 8.94. The van der Waals surface area contributed by atoms with Crippen molar-refractivity contribution in [2.75, 3.05) is 30.4 Å². The van der Waals surface area contributed by atoms with Crippen LogP contribution in [0.3, 0.4) is 0 Å². The van der Waals surface area contributed by atoms with Gasteiger partial charge >= 0.3 is 11.9 Å². The number of carboxylic acids is 2. The Kier molecular flexibility index (Phi) is 15.9. The van der Waals surface area contributed by atoms with E-state index in [0.717, 1.165) is 16.7 Å². The van der Waals surface area contributed by atoms with Gasteiger partial charge in [0.25, 0.3) is 11.5 Å². The van der Waals surface area contributed by atoms with Crippen molar-refractivity contribution in [1.29, 1.82) is 0 Å². The van der Waals surface area contributed by atoms with Crippen LogP contribution < -0.4 is 38.0 Å². The number of anilines is 2. The van der Waals surface area contributed by atoms with Crippen molar-refractivity contribution < 1.29 is 48.6 Å². The molecule has 23 nitrogen and oxygen atoms in total. The molecule has 1 aliphatic heterocycles. The highest BCUT2D eigenvalue weighted by Gasteiger charge is 2.39. The second kappa shape index (κ2) is 21.0. The molecule has 1 aromatic carbocycles.